The Balaban J connectivity index is 2.26. The first-order valence-corrected chi connectivity index (χ1v) is 5.93. The smallest absolute Gasteiger partial charge is 0.169 e. The molecule has 0 aliphatic heterocycles. The minimum Gasteiger partial charge on any atom is -0.381 e. The molecule has 18 heavy (non-hydrogen) atoms. The van der Waals surface area contributed by atoms with Gasteiger partial charge in [-0.25, -0.2) is 9.97 Å². The number of hydrogen-bond donors (Lipinski definition) is 2. The third kappa shape index (κ3) is 2.94. The molecule has 0 aliphatic carbocycles. The Kier molecular flexibility index (Phi) is 3.72. The maximum Gasteiger partial charge on any atom is 0.169 e. The van der Waals surface area contributed by atoms with Gasteiger partial charge in [0.1, 0.15) is 0 Å². The number of pyridine rings is 1. The maximum atomic E-state index is 5.80. The standard InChI is InChI=1S/C13H17N5/c1-9(2)6-17-13-12(14)16-8-11(18-13)10-4-3-5-15-7-10/h3-5,7-9H,6H2,1-2H3,(H2,14,16)(H,17,18). The summed E-state index contributed by atoms with van der Waals surface area (Å²) >= 11 is 0. The SMILES string of the molecule is CC(C)CNc1nc(-c2cccnc2)cnc1N. The molecule has 94 valence electrons. The number of nitrogen functional groups attached to an aromatic ring is 1. The zero-order chi connectivity index (χ0) is 13.0. The Morgan fingerprint density at radius 3 is 2.83 bits per heavy atom. The molecule has 2 aromatic rings. The van der Waals surface area contributed by atoms with Crippen molar-refractivity contribution in [3.63, 3.8) is 0 Å². The average molecular weight is 243 g/mol. The summed E-state index contributed by atoms with van der Waals surface area (Å²) in [7, 11) is 0. The van der Waals surface area contributed by atoms with Gasteiger partial charge in [-0.3, -0.25) is 4.98 Å². The second-order valence-electron chi connectivity index (χ2n) is 4.51. The van der Waals surface area contributed by atoms with Crippen LogP contribution in [0.25, 0.3) is 11.3 Å². The first kappa shape index (κ1) is 12.3. The van der Waals surface area contributed by atoms with E-state index in [4.69, 9.17) is 5.73 Å². The zero-order valence-electron chi connectivity index (χ0n) is 10.6. The van der Waals surface area contributed by atoms with Crippen LogP contribution < -0.4 is 11.1 Å². The molecule has 2 heterocycles. The van der Waals surface area contributed by atoms with Crippen LogP contribution in [0.1, 0.15) is 13.8 Å². The fraction of sp³-hybridized carbons (Fsp3) is 0.308. The van der Waals surface area contributed by atoms with Crippen molar-refractivity contribution in [3.8, 4) is 11.3 Å². The van der Waals surface area contributed by atoms with E-state index in [0.29, 0.717) is 17.6 Å². The number of hydrogen-bond acceptors (Lipinski definition) is 5. The first-order valence-electron chi connectivity index (χ1n) is 5.93. The highest BCUT2D eigenvalue weighted by molar-refractivity contribution is 5.64. The number of nitrogens with zero attached hydrogens (tertiary/aromatic N) is 3. The lowest BCUT2D eigenvalue weighted by Crippen LogP contribution is -2.12. The molecule has 0 atom stereocenters. The number of nitrogens with one attached hydrogen (secondary N) is 1. The highest BCUT2D eigenvalue weighted by atomic mass is 15.1. The van der Waals surface area contributed by atoms with Crippen molar-refractivity contribution in [2.75, 3.05) is 17.6 Å². The molecule has 0 aromatic carbocycles. The summed E-state index contributed by atoms with van der Waals surface area (Å²) in [5, 5.41) is 3.20. The van der Waals surface area contributed by atoms with Crippen LogP contribution in [0.3, 0.4) is 0 Å². The molecule has 0 amide bonds. The van der Waals surface area contributed by atoms with E-state index in [-0.39, 0.29) is 0 Å². The molecule has 2 rings (SSSR count). The van der Waals surface area contributed by atoms with Crippen LogP contribution >= 0.6 is 0 Å². The third-order valence-electron chi connectivity index (χ3n) is 2.44. The number of anilines is 2. The van der Waals surface area contributed by atoms with Crippen molar-refractivity contribution in [2.45, 2.75) is 13.8 Å². The first-order chi connectivity index (χ1) is 8.66. The molecule has 5 nitrogen and oxygen atoms in total. The Bertz CT molecular complexity index is 510. The topological polar surface area (TPSA) is 76.7 Å². The van der Waals surface area contributed by atoms with Crippen LogP contribution in [0, 0.1) is 5.92 Å². The van der Waals surface area contributed by atoms with Crippen LogP contribution in [0.4, 0.5) is 11.6 Å². The van der Waals surface area contributed by atoms with E-state index in [2.05, 4.69) is 34.1 Å². The van der Waals surface area contributed by atoms with Gasteiger partial charge in [0.25, 0.3) is 0 Å². The number of aromatic nitrogens is 3. The molecule has 0 spiro atoms. The molecule has 0 saturated carbocycles. The molecule has 0 aliphatic rings. The Morgan fingerprint density at radius 1 is 1.33 bits per heavy atom. The Hall–Kier alpha value is -2.17. The van der Waals surface area contributed by atoms with E-state index in [1.54, 1.807) is 18.6 Å². The van der Waals surface area contributed by atoms with Crippen molar-refractivity contribution in [2.24, 2.45) is 5.92 Å². The van der Waals surface area contributed by atoms with E-state index in [1.807, 2.05) is 12.1 Å². The molecule has 0 saturated heterocycles. The predicted molar refractivity (Wildman–Crippen MR) is 73.0 cm³/mol. The fourth-order valence-corrected chi connectivity index (χ4v) is 1.48. The van der Waals surface area contributed by atoms with E-state index in [0.717, 1.165) is 17.8 Å². The monoisotopic (exact) mass is 243 g/mol. The summed E-state index contributed by atoms with van der Waals surface area (Å²) < 4.78 is 0. The lowest BCUT2D eigenvalue weighted by atomic mass is 10.2. The third-order valence-corrected chi connectivity index (χ3v) is 2.44. The average Bonchev–Trinajstić information content (AvgIpc) is 2.38. The predicted octanol–water partition coefficient (Wildman–Crippen LogP) is 2.19. The van der Waals surface area contributed by atoms with Gasteiger partial charge < -0.3 is 11.1 Å². The quantitative estimate of drug-likeness (QED) is 0.860. The van der Waals surface area contributed by atoms with E-state index < -0.39 is 0 Å². The summed E-state index contributed by atoms with van der Waals surface area (Å²) in [6, 6.07) is 3.81. The van der Waals surface area contributed by atoms with Gasteiger partial charge in [0, 0.05) is 24.5 Å². The molecule has 0 bridgehead atoms. The maximum absolute atomic E-state index is 5.80. The second-order valence-corrected chi connectivity index (χ2v) is 4.51. The normalized spacial score (nSPS) is 10.6. The summed E-state index contributed by atoms with van der Waals surface area (Å²) in [4.78, 5) is 12.7. The Morgan fingerprint density at radius 2 is 2.17 bits per heavy atom. The van der Waals surface area contributed by atoms with E-state index in [1.165, 1.54) is 0 Å². The fourth-order valence-electron chi connectivity index (χ4n) is 1.48. The summed E-state index contributed by atoms with van der Waals surface area (Å²) in [5.74, 6) is 1.57. The molecule has 0 unspecified atom stereocenters. The molecule has 0 fully saturated rings. The lowest BCUT2D eigenvalue weighted by Gasteiger charge is -2.11. The lowest BCUT2D eigenvalue weighted by molar-refractivity contribution is 0.687. The van der Waals surface area contributed by atoms with Crippen LogP contribution in [0.15, 0.2) is 30.7 Å². The van der Waals surface area contributed by atoms with Crippen LogP contribution in [-0.2, 0) is 0 Å². The summed E-state index contributed by atoms with van der Waals surface area (Å²) in [5.41, 5.74) is 7.50. The molecule has 0 radical (unpaired) electrons. The van der Waals surface area contributed by atoms with Gasteiger partial charge in [-0.2, -0.15) is 0 Å². The molecule has 3 N–H and O–H groups in total. The number of nitrogens with two attached hydrogens (primary N) is 1. The summed E-state index contributed by atoms with van der Waals surface area (Å²) in [6.07, 6.45) is 5.14. The van der Waals surface area contributed by atoms with Crippen molar-refractivity contribution >= 4 is 11.6 Å². The van der Waals surface area contributed by atoms with Gasteiger partial charge in [0.2, 0.25) is 0 Å². The minimum absolute atomic E-state index is 0.420. The van der Waals surface area contributed by atoms with Crippen LogP contribution in [0.5, 0.6) is 0 Å². The molecular formula is C13H17N5. The minimum atomic E-state index is 0.420. The molecular weight excluding hydrogens is 226 g/mol. The molecule has 5 heteroatoms. The highest BCUT2D eigenvalue weighted by Crippen LogP contribution is 2.20. The second kappa shape index (κ2) is 5.44. The van der Waals surface area contributed by atoms with E-state index in [9.17, 15) is 0 Å². The van der Waals surface area contributed by atoms with Gasteiger partial charge in [-0.1, -0.05) is 13.8 Å². The van der Waals surface area contributed by atoms with Crippen LogP contribution in [0.2, 0.25) is 0 Å². The largest absolute Gasteiger partial charge is 0.381 e. The molecule has 2 aromatic heterocycles. The van der Waals surface area contributed by atoms with Crippen molar-refractivity contribution in [1.82, 2.24) is 15.0 Å². The van der Waals surface area contributed by atoms with Crippen molar-refractivity contribution in [3.05, 3.63) is 30.7 Å². The zero-order valence-corrected chi connectivity index (χ0v) is 10.6. The Labute approximate surface area is 106 Å². The van der Waals surface area contributed by atoms with Crippen molar-refractivity contribution < 1.29 is 0 Å². The van der Waals surface area contributed by atoms with Crippen LogP contribution in [-0.4, -0.2) is 21.5 Å². The van der Waals surface area contributed by atoms with Gasteiger partial charge in [-0.05, 0) is 18.1 Å². The highest BCUT2D eigenvalue weighted by Gasteiger charge is 2.06. The van der Waals surface area contributed by atoms with Gasteiger partial charge in [-0.15, -0.1) is 0 Å². The number of rotatable bonds is 4. The van der Waals surface area contributed by atoms with E-state index >= 15 is 0 Å². The van der Waals surface area contributed by atoms with Gasteiger partial charge >= 0.3 is 0 Å². The van der Waals surface area contributed by atoms with Gasteiger partial charge in [0.05, 0.1) is 11.9 Å². The van der Waals surface area contributed by atoms with Crippen molar-refractivity contribution in [1.29, 1.82) is 0 Å². The van der Waals surface area contributed by atoms with Gasteiger partial charge in [0.15, 0.2) is 11.6 Å². The summed E-state index contributed by atoms with van der Waals surface area (Å²) in [6.45, 7) is 5.07.